The van der Waals surface area contributed by atoms with Crippen LogP contribution in [0, 0.1) is 0 Å². The molecule has 1 aromatic rings. The molecule has 0 radical (unpaired) electrons. The fourth-order valence-corrected chi connectivity index (χ4v) is 3.88. The fourth-order valence-electron chi connectivity index (χ4n) is 2.99. The van der Waals surface area contributed by atoms with Crippen molar-refractivity contribution < 1.29 is 9.53 Å². The monoisotopic (exact) mass is 537 g/mol. The third-order valence-electron chi connectivity index (χ3n) is 4.40. The Labute approximate surface area is 196 Å². The van der Waals surface area contributed by atoms with Gasteiger partial charge in [-0.25, -0.2) is 4.79 Å². The number of halogens is 1. The minimum atomic E-state index is -0.484. The molecule has 29 heavy (non-hydrogen) atoms. The summed E-state index contributed by atoms with van der Waals surface area (Å²) in [4.78, 5) is 20.4. The summed E-state index contributed by atoms with van der Waals surface area (Å²) in [5.41, 5.74) is 0.979. The van der Waals surface area contributed by atoms with E-state index in [-0.39, 0.29) is 24.0 Å². The summed E-state index contributed by atoms with van der Waals surface area (Å²) < 4.78 is 5.23. The maximum absolute atomic E-state index is 11.7. The molecule has 1 aromatic heterocycles. The molecule has 0 saturated heterocycles. The van der Waals surface area contributed by atoms with Crippen LogP contribution in [0.2, 0.25) is 0 Å². The quantitative estimate of drug-likeness (QED) is 0.216. The van der Waals surface area contributed by atoms with Crippen molar-refractivity contribution in [3.05, 3.63) is 21.9 Å². The second-order valence-electron chi connectivity index (χ2n) is 8.01. The van der Waals surface area contributed by atoms with Crippen molar-refractivity contribution in [2.24, 2.45) is 4.99 Å². The maximum atomic E-state index is 11.7. The number of carbonyl (C=O) groups excluding carboxylic acids is 1. The first-order valence-corrected chi connectivity index (χ1v) is 10.9. The largest absolute Gasteiger partial charge is 0.444 e. The van der Waals surface area contributed by atoms with Crippen LogP contribution in [0.25, 0.3) is 0 Å². The molecule has 9 heteroatoms. The van der Waals surface area contributed by atoms with Gasteiger partial charge in [0.05, 0.1) is 6.54 Å². The Morgan fingerprint density at radius 2 is 2.03 bits per heavy atom. The first-order chi connectivity index (χ1) is 13.3. The standard InChI is InChI=1S/C20H35N5O2S.HI/c1-6-21-18(22-9-10-23-19(26)27-20(3,4)5)24-13-15(2)25-11-7-17-16(14-25)8-12-28-17;/h8,12,15H,6-7,9-11,13-14H2,1-5H3,(H,23,26)(H2,21,22,24);1H. The lowest BCUT2D eigenvalue weighted by atomic mass is 10.1. The zero-order valence-corrected chi connectivity index (χ0v) is 21.4. The summed E-state index contributed by atoms with van der Waals surface area (Å²) in [6.07, 6.45) is 0.734. The van der Waals surface area contributed by atoms with Crippen LogP contribution in [0.3, 0.4) is 0 Å². The number of alkyl carbamates (subject to hydrolysis) is 1. The van der Waals surface area contributed by atoms with E-state index >= 15 is 0 Å². The van der Waals surface area contributed by atoms with E-state index in [2.05, 4.69) is 39.2 Å². The number of aliphatic imine (C=N–C) groups is 1. The van der Waals surface area contributed by atoms with Gasteiger partial charge in [-0.2, -0.15) is 0 Å². The first-order valence-electron chi connectivity index (χ1n) is 10.1. The molecule has 1 amide bonds. The predicted molar refractivity (Wildman–Crippen MR) is 132 cm³/mol. The van der Waals surface area contributed by atoms with Crippen LogP contribution in [0.5, 0.6) is 0 Å². The van der Waals surface area contributed by atoms with Gasteiger partial charge < -0.3 is 20.7 Å². The number of hydrogen-bond acceptors (Lipinski definition) is 5. The Kier molecular flexibility index (Phi) is 11.3. The summed E-state index contributed by atoms with van der Waals surface area (Å²) in [6.45, 7) is 14.5. The Bertz CT molecular complexity index is 660. The van der Waals surface area contributed by atoms with Gasteiger partial charge in [0, 0.05) is 43.6 Å². The van der Waals surface area contributed by atoms with Gasteiger partial charge in [-0.3, -0.25) is 9.89 Å². The lowest BCUT2D eigenvalue weighted by molar-refractivity contribution is 0.0529. The van der Waals surface area contributed by atoms with E-state index in [1.54, 1.807) is 0 Å². The highest BCUT2D eigenvalue weighted by Gasteiger charge is 2.21. The van der Waals surface area contributed by atoms with E-state index in [0.717, 1.165) is 38.6 Å². The summed E-state index contributed by atoms with van der Waals surface area (Å²) >= 11 is 1.87. The third-order valence-corrected chi connectivity index (χ3v) is 5.43. The average molecular weight is 538 g/mol. The molecule has 0 fully saturated rings. The summed E-state index contributed by atoms with van der Waals surface area (Å²) in [7, 11) is 0. The molecule has 1 aliphatic heterocycles. The summed E-state index contributed by atoms with van der Waals surface area (Å²) in [6, 6.07) is 2.62. The zero-order chi connectivity index (χ0) is 20.6. The molecule has 1 unspecified atom stereocenters. The Morgan fingerprint density at radius 3 is 2.72 bits per heavy atom. The van der Waals surface area contributed by atoms with Crippen LogP contribution in [0.4, 0.5) is 4.79 Å². The molecular formula is C20H36IN5O2S. The summed E-state index contributed by atoms with van der Waals surface area (Å²) in [5, 5.41) is 11.5. The molecule has 0 spiro atoms. The van der Waals surface area contributed by atoms with Gasteiger partial charge in [0.1, 0.15) is 5.60 Å². The second-order valence-corrected chi connectivity index (χ2v) is 9.01. The van der Waals surface area contributed by atoms with Crippen molar-refractivity contribution in [2.45, 2.75) is 59.2 Å². The van der Waals surface area contributed by atoms with Gasteiger partial charge in [0.15, 0.2) is 5.96 Å². The number of amides is 1. The zero-order valence-electron chi connectivity index (χ0n) is 18.2. The van der Waals surface area contributed by atoms with Crippen LogP contribution in [-0.4, -0.2) is 61.3 Å². The smallest absolute Gasteiger partial charge is 0.407 e. The van der Waals surface area contributed by atoms with Crippen LogP contribution < -0.4 is 16.0 Å². The number of ether oxygens (including phenoxy) is 1. The minimum Gasteiger partial charge on any atom is -0.444 e. The number of carbonyl (C=O) groups is 1. The molecule has 0 aromatic carbocycles. The van der Waals surface area contributed by atoms with Gasteiger partial charge in [-0.1, -0.05) is 0 Å². The second kappa shape index (κ2) is 12.6. The molecular weight excluding hydrogens is 501 g/mol. The van der Waals surface area contributed by atoms with Gasteiger partial charge >= 0.3 is 6.09 Å². The SMILES string of the molecule is CCNC(=NCC(C)N1CCc2sccc2C1)NCCNC(=O)OC(C)(C)C.I. The molecule has 0 aliphatic carbocycles. The number of rotatable bonds is 7. The van der Waals surface area contributed by atoms with Crippen molar-refractivity contribution in [2.75, 3.05) is 32.7 Å². The van der Waals surface area contributed by atoms with Crippen LogP contribution in [0.15, 0.2) is 16.4 Å². The van der Waals surface area contributed by atoms with Crippen molar-refractivity contribution in [3.63, 3.8) is 0 Å². The Morgan fingerprint density at radius 1 is 1.31 bits per heavy atom. The lowest BCUT2D eigenvalue weighted by Crippen LogP contribution is -2.44. The minimum absolute atomic E-state index is 0. The molecule has 2 rings (SSSR count). The van der Waals surface area contributed by atoms with Gasteiger partial charge in [-0.15, -0.1) is 35.3 Å². The van der Waals surface area contributed by atoms with E-state index in [1.807, 2.05) is 39.0 Å². The van der Waals surface area contributed by atoms with Crippen LogP contribution in [-0.2, 0) is 17.7 Å². The molecule has 1 aliphatic rings. The normalized spacial score (nSPS) is 15.7. The van der Waals surface area contributed by atoms with E-state index in [1.165, 1.54) is 10.4 Å². The summed E-state index contributed by atoms with van der Waals surface area (Å²) in [5.74, 6) is 0.772. The highest BCUT2D eigenvalue weighted by Crippen LogP contribution is 2.25. The maximum Gasteiger partial charge on any atom is 0.407 e. The van der Waals surface area contributed by atoms with Crippen molar-refractivity contribution >= 4 is 47.4 Å². The lowest BCUT2D eigenvalue weighted by Gasteiger charge is -2.31. The number of guanidine groups is 1. The number of thiophene rings is 1. The molecule has 2 heterocycles. The molecule has 3 N–H and O–H groups in total. The van der Waals surface area contributed by atoms with Gasteiger partial charge in [0.25, 0.3) is 0 Å². The third kappa shape index (κ3) is 9.52. The van der Waals surface area contributed by atoms with Crippen molar-refractivity contribution in [1.82, 2.24) is 20.9 Å². The first kappa shape index (κ1) is 26.0. The van der Waals surface area contributed by atoms with E-state index in [0.29, 0.717) is 19.1 Å². The highest BCUT2D eigenvalue weighted by atomic mass is 127. The van der Waals surface area contributed by atoms with Crippen molar-refractivity contribution in [1.29, 1.82) is 0 Å². The molecule has 166 valence electrons. The topological polar surface area (TPSA) is 78.0 Å². The predicted octanol–water partition coefficient (Wildman–Crippen LogP) is 3.19. The highest BCUT2D eigenvalue weighted by molar-refractivity contribution is 14.0. The van der Waals surface area contributed by atoms with E-state index < -0.39 is 11.7 Å². The van der Waals surface area contributed by atoms with Gasteiger partial charge in [0.2, 0.25) is 0 Å². The van der Waals surface area contributed by atoms with Crippen molar-refractivity contribution in [3.8, 4) is 0 Å². The van der Waals surface area contributed by atoms with Gasteiger partial charge in [-0.05, 0) is 58.0 Å². The number of fused-ring (bicyclic) bond motifs is 1. The van der Waals surface area contributed by atoms with Crippen LogP contribution >= 0.6 is 35.3 Å². The fraction of sp³-hybridized carbons (Fsp3) is 0.700. The molecule has 0 bridgehead atoms. The average Bonchev–Trinajstić information content (AvgIpc) is 3.09. The Balaban J connectivity index is 0.00000420. The van der Waals surface area contributed by atoms with Crippen LogP contribution in [0.1, 0.15) is 45.1 Å². The van der Waals surface area contributed by atoms with E-state index in [4.69, 9.17) is 9.73 Å². The molecule has 7 nitrogen and oxygen atoms in total. The van der Waals surface area contributed by atoms with E-state index in [9.17, 15) is 4.79 Å². The molecule has 1 atom stereocenters. The molecule has 0 saturated carbocycles. The number of nitrogens with zero attached hydrogens (tertiary/aromatic N) is 2. The number of hydrogen-bond donors (Lipinski definition) is 3. The number of nitrogens with one attached hydrogen (secondary N) is 3. The Hall–Kier alpha value is -1.07.